The fraction of sp³-hybridized carbons (Fsp3) is 0.440. The highest BCUT2D eigenvalue weighted by Gasteiger charge is 2.17. The van der Waals surface area contributed by atoms with Gasteiger partial charge in [-0.05, 0) is 49.6 Å². The van der Waals surface area contributed by atoms with Gasteiger partial charge in [0.2, 0.25) is 5.91 Å². The molecule has 1 aliphatic rings. The Morgan fingerprint density at radius 1 is 1.03 bits per heavy atom. The maximum absolute atomic E-state index is 12.6. The Bertz CT molecular complexity index is 863. The monoisotopic (exact) mass is 423 g/mol. The predicted octanol–water partition coefficient (Wildman–Crippen LogP) is 4.98. The Hall–Kier alpha value is -3.02. The molecule has 0 heterocycles. The summed E-state index contributed by atoms with van der Waals surface area (Å²) in [5.41, 5.74) is 1.95. The van der Waals surface area contributed by atoms with E-state index in [9.17, 15) is 9.59 Å². The third kappa shape index (κ3) is 7.31. The molecule has 2 amide bonds. The maximum atomic E-state index is 12.6. The van der Waals surface area contributed by atoms with Crippen LogP contribution in [-0.4, -0.2) is 31.0 Å². The second kappa shape index (κ2) is 12.0. The van der Waals surface area contributed by atoms with Gasteiger partial charge in [-0.2, -0.15) is 0 Å². The minimum absolute atomic E-state index is 0.0840. The number of benzene rings is 2. The van der Waals surface area contributed by atoms with Gasteiger partial charge in [0.15, 0.2) is 0 Å². The van der Waals surface area contributed by atoms with Gasteiger partial charge in [-0.15, -0.1) is 0 Å². The summed E-state index contributed by atoms with van der Waals surface area (Å²) < 4.78 is 5.79. The van der Waals surface area contributed by atoms with Crippen molar-refractivity contribution in [1.29, 1.82) is 0 Å². The van der Waals surface area contributed by atoms with Crippen molar-refractivity contribution in [3.63, 3.8) is 0 Å². The summed E-state index contributed by atoms with van der Waals surface area (Å²) in [5, 5.41) is 9.11. The van der Waals surface area contributed by atoms with Gasteiger partial charge in [0.1, 0.15) is 5.75 Å². The highest BCUT2D eigenvalue weighted by atomic mass is 16.5. The zero-order valence-electron chi connectivity index (χ0n) is 18.3. The number of anilines is 2. The Labute approximate surface area is 184 Å². The van der Waals surface area contributed by atoms with Crippen LogP contribution in [0.3, 0.4) is 0 Å². The quantitative estimate of drug-likeness (QED) is 0.471. The van der Waals surface area contributed by atoms with Gasteiger partial charge in [-0.25, -0.2) is 0 Å². The van der Waals surface area contributed by atoms with Crippen molar-refractivity contribution in [2.75, 3.05) is 23.8 Å². The lowest BCUT2D eigenvalue weighted by Gasteiger charge is -2.22. The van der Waals surface area contributed by atoms with E-state index in [0.717, 1.165) is 37.1 Å². The number of hydrogen-bond acceptors (Lipinski definition) is 4. The van der Waals surface area contributed by atoms with Crippen molar-refractivity contribution in [2.45, 2.75) is 57.9 Å². The van der Waals surface area contributed by atoms with E-state index in [1.165, 1.54) is 19.3 Å². The molecule has 0 aliphatic heterocycles. The van der Waals surface area contributed by atoms with Gasteiger partial charge in [0.25, 0.3) is 5.91 Å². The normalized spacial score (nSPS) is 14.0. The number of hydrogen-bond donors (Lipinski definition) is 3. The lowest BCUT2D eigenvalue weighted by molar-refractivity contribution is -0.114. The summed E-state index contributed by atoms with van der Waals surface area (Å²) in [7, 11) is 0. The Kier molecular flexibility index (Phi) is 8.76. The summed E-state index contributed by atoms with van der Waals surface area (Å²) >= 11 is 0. The number of carbonyl (C=O) groups is 2. The summed E-state index contributed by atoms with van der Waals surface area (Å²) in [6.45, 7) is 2.87. The molecular weight excluding hydrogens is 390 g/mol. The first-order valence-corrected chi connectivity index (χ1v) is 11.3. The fourth-order valence-corrected chi connectivity index (χ4v) is 3.70. The molecule has 1 saturated carbocycles. The molecule has 0 spiro atoms. The van der Waals surface area contributed by atoms with Crippen molar-refractivity contribution in [2.24, 2.45) is 0 Å². The number of rotatable bonds is 10. The third-order valence-electron chi connectivity index (χ3n) is 5.43. The smallest absolute Gasteiger partial charge is 0.251 e. The van der Waals surface area contributed by atoms with Gasteiger partial charge in [0, 0.05) is 17.3 Å². The fourth-order valence-electron chi connectivity index (χ4n) is 3.70. The first-order valence-electron chi connectivity index (χ1n) is 11.3. The molecule has 31 heavy (non-hydrogen) atoms. The molecule has 0 bridgehead atoms. The van der Waals surface area contributed by atoms with E-state index in [2.05, 4.69) is 22.9 Å². The van der Waals surface area contributed by atoms with Crippen molar-refractivity contribution in [3.8, 4) is 5.75 Å². The minimum Gasteiger partial charge on any atom is -0.491 e. The standard InChI is InChI=1S/C25H33N3O3/c1-2-3-16-31-23-15-8-7-14-22(23)26-18-24(29)27-21-13-9-10-19(17-21)25(30)28-20-11-5-4-6-12-20/h7-10,13-15,17,20,26H,2-6,11-12,16,18H2,1H3,(H,27,29)(H,28,30). The van der Waals surface area contributed by atoms with Gasteiger partial charge in [0.05, 0.1) is 18.8 Å². The average molecular weight is 424 g/mol. The van der Waals surface area contributed by atoms with E-state index < -0.39 is 0 Å². The zero-order valence-corrected chi connectivity index (χ0v) is 18.3. The lowest BCUT2D eigenvalue weighted by Crippen LogP contribution is -2.36. The van der Waals surface area contributed by atoms with Crippen LogP contribution in [0.4, 0.5) is 11.4 Å². The molecule has 6 heteroatoms. The van der Waals surface area contributed by atoms with Crippen molar-refractivity contribution in [1.82, 2.24) is 5.32 Å². The van der Waals surface area contributed by atoms with Gasteiger partial charge >= 0.3 is 0 Å². The molecule has 2 aromatic carbocycles. The third-order valence-corrected chi connectivity index (χ3v) is 5.43. The van der Waals surface area contributed by atoms with Crippen LogP contribution in [0.15, 0.2) is 48.5 Å². The molecule has 0 aromatic heterocycles. The molecule has 0 radical (unpaired) electrons. The van der Waals surface area contributed by atoms with E-state index in [1.54, 1.807) is 24.3 Å². The Balaban J connectivity index is 1.52. The molecule has 1 fully saturated rings. The van der Waals surface area contributed by atoms with E-state index >= 15 is 0 Å². The van der Waals surface area contributed by atoms with Gasteiger partial charge in [-0.1, -0.05) is 50.8 Å². The first kappa shape index (κ1) is 22.7. The number of nitrogens with one attached hydrogen (secondary N) is 3. The van der Waals surface area contributed by atoms with E-state index in [4.69, 9.17) is 4.74 Å². The van der Waals surface area contributed by atoms with Crippen molar-refractivity contribution >= 4 is 23.2 Å². The van der Waals surface area contributed by atoms with Crippen LogP contribution < -0.4 is 20.7 Å². The van der Waals surface area contributed by atoms with E-state index in [0.29, 0.717) is 17.9 Å². The van der Waals surface area contributed by atoms with Crippen LogP contribution in [0.25, 0.3) is 0 Å². The first-order chi connectivity index (χ1) is 15.2. The molecular formula is C25H33N3O3. The van der Waals surface area contributed by atoms with Crippen LogP contribution in [0.2, 0.25) is 0 Å². The van der Waals surface area contributed by atoms with Gasteiger partial charge < -0.3 is 20.7 Å². The van der Waals surface area contributed by atoms with Crippen LogP contribution >= 0.6 is 0 Å². The number of unbranched alkanes of at least 4 members (excludes halogenated alkanes) is 1. The molecule has 3 rings (SSSR count). The number of amides is 2. The molecule has 6 nitrogen and oxygen atoms in total. The molecule has 0 unspecified atom stereocenters. The highest BCUT2D eigenvalue weighted by Crippen LogP contribution is 2.24. The summed E-state index contributed by atoms with van der Waals surface area (Å²) in [6, 6.07) is 14.9. The molecule has 166 valence electrons. The molecule has 0 atom stereocenters. The van der Waals surface area contributed by atoms with Crippen molar-refractivity contribution in [3.05, 3.63) is 54.1 Å². The SMILES string of the molecule is CCCCOc1ccccc1NCC(=O)Nc1cccc(C(=O)NC2CCCCC2)c1. The second-order valence-corrected chi connectivity index (χ2v) is 7.99. The summed E-state index contributed by atoms with van der Waals surface area (Å²) in [4.78, 5) is 25.0. The van der Waals surface area contributed by atoms with Crippen molar-refractivity contribution < 1.29 is 14.3 Å². The van der Waals surface area contributed by atoms with Crippen LogP contribution in [-0.2, 0) is 4.79 Å². The second-order valence-electron chi connectivity index (χ2n) is 7.99. The molecule has 2 aromatic rings. The Morgan fingerprint density at radius 2 is 1.84 bits per heavy atom. The zero-order chi connectivity index (χ0) is 21.9. The lowest BCUT2D eigenvalue weighted by atomic mass is 9.95. The Morgan fingerprint density at radius 3 is 2.65 bits per heavy atom. The summed E-state index contributed by atoms with van der Waals surface area (Å²) in [5.74, 6) is 0.470. The highest BCUT2D eigenvalue weighted by molar-refractivity contribution is 5.98. The number of carbonyl (C=O) groups excluding carboxylic acids is 2. The van der Waals surface area contributed by atoms with E-state index in [1.807, 2.05) is 24.3 Å². The van der Waals surface area contributed by atoms with Crippen LogP contribution in [0, 0.1) is 0 Å². The van der Waals surface area contributed by atoms with Crippen LogP contribution in [0.5, 0.6) is 5.75 Å². The molecule has 1 aliphatic carbocycles. The summed E-state index contributed by atoms with van der Waals surface area (Å²) in [6.07, 6.45) is 7.71. The van der Waals surface area contributed by atoms with Crippen LogP contribution in [0.1, 0.15) is 62.2 Å². The van der Waals surface area contributed by atoms with Gasteiger partial charge in [-0.3, -0.25) is 9.59 Å². The topological polar surface area (TPSA) is 79.5 Å². The van der Waals surface area contributed by atoms with E-state index in [-0.39, 0.29) is 24.4 Å². The maximum Gasteiger partial charge on any atom is 0.251 e. The number of ether oxygens (including phenoxy) is 1. The number of para-hydroxylation sites is 2. The minimum atomic E-state index is -0.187. The largest absolute Gasteiger partial charge is 0.491 e. The predicted molar refractivity (Wildman–Crippen MR) is 125 cm³/mol. The molecule has 0 saturated heterocycles. The average Bonchev–Trinajstić information content (AvgIpc) is 2.79. The molecule has 3 N–H and O–H groups in total.